The van der Waals surface area contributed by atoms with Gasteiger partial charge in [0.15, 0.2) is 11.6 Å². The zero-order chi connectivity index (χ0) is 13.1. The van der Waals surface area contributed by atoms with E-state index >= 15 is 0 Å². The summed E-state index contributed by atoms with van der Waals surface area (Å²) in [5.74, 6) is -0.770. The van der Waals surface area contributed by atoms with E-state index < -0.39 is 5.82 Å². The summed E-state index contributed by atoms with van der Waals surface area (Å²) < 4.78 is 24.7. The van der Waals surface area contributed by atoms with Crippen molar-refractivity contribution in [1.29, 1.82) is 0 Å². The van der Waals surface area contributed by atoms with Gasteiger partial charge in [-0.3, -0.25) is 0 Å². The van der Waals surface area contributed by atoms with Gasteiger partial charge in [0.2, 0.25) is 0 Å². The highest BCUT2D eigenvalue weighted by molar-refractivity contribution is 6.33. The first kappa shape index (κ1) is 13.2. The summed E-state index contributed by atoms with van der Waals surface area (Å²) in [6.07, 6.45) is 3.04. The first-order valence-corrected chi connectivity index (χ1v) is 6.24. The van der Waals surface area contributed by atoms with Crippen LogP contribution in [0.4, 0.5) is 15.8 Å². The first-order chi connectivity index (χ1) is 8.59. The Morgan fingerprint density at radius 3 is 2.83 bits per heavy atom. The van der Waals surface area contributed by atoms with Crippen LogP contribution in [0.1, 0.15) is 19.3 Å². The summed E-state index contributed by atoms with van der Waals surface area (Å²) in [7, 11) is 0. The topological polar surface area (TPSA) is 70.5 Å². The molecule has 1 saturated heterocycles. The summed E-state index contributed by atoms with van der Waals surface area (Å²) in [4.78, 5) is 0. The highest BCUT2D eigenvalue weighted by atomic mass is 35.5. The number of anilines is 2. The van der Waals surface area contributed by atoms with Crippen molar-refractivity contribution < 1.29 is 13.9 Å². The van der Waals surface area contributed by atoms with Crippen LogP contribution in [0.3, 0.4) is 0 Å². The van der Waals surface area contributed by atoms with Gasteiger partial charge in [-0.25, -0.2) is 4.39 Å². The van der Waals surface area contributed by atoms with E-state index in [4.69, 9.17) is 32.5 Å². The highest BCUT2D eigenvalue weighted by Crippen LogP contribution is 2.35. The second-order valence-electron chi connectivity index (χ2n) is 4.31. The molecular formula is C12H16ClFN2O2. The van der Waals surface area contributed by atoms with Crippen molar-refractivity contribution in [3.05, 3.63) is 16.9 Å². The number of halogens is 2. The fourth-order valence-corrected chi connectivity index (χ4v) is 2.05. The predicted molar refractivity (Wildman–Crippen MR) is 69.3 cm³/mol. The Morgan fingerprint density at radius 1 is 1.39 bits per heavy atom. The van der Waals surface area contributed by atoms with Crippen molar-refractivity contribution in [2.24, 2.45) is 0 Å². The van der Waals surface area contributed by atoms with Gasteiger partial charge in [0.1, 0.15) is 11.6 Å². The van der Waals surface area contributed by atoms with Crippen LogP contribution in [-0.4, -0.2) is 19.3 Å². The van der Waals surface area contributed by atoms with Gasteiger partial charge >= 0.3 is 0 Å². The molecule has 1 aromatic rings. The monoisotopic (exact) mass is 274 g/mol. The zero-order valence-electron chi connectivity index (χ0n) is 9.92. The fourth-order valence-electron chi connectivity index (χ4n) is 1.91. The molecule has 0 aromatic heterocycles. The maximum absolute atomic E-state index is 13.8. The molecule has 1 atom stereocenters. The highest BCUT2D eigenvalue weighted by Gasteiger charge is 2.19. The number of ether oxygens (including phenoxy) is 2. The van der Waals surface area contributed by atoms with Gasteiger partial charge in [-0.05, 0) is 25.3 Å². The van der Waals surface area contributed by atoms with E-state index in [2.05, 4.69) is 0 Å². The second-order valence-corrected chi connectivity index (χ2v) is 4.69. The van der Waals surface area contributed by atoms with Crippen LogP contribution in [0.2, 0.25) is 5.02 Å². The van der Waals surface area contributed by atoms with Crippen molar-refractivity contribution in [3.8, 4) is 5.75 Å². The van der Waals surface area contributed by atoms with Crippen LogP contribution in [0, 0.1) is 5.82 Å². The van der Waals surface area contributed by atoms with E-state index in [1.807, 2.05) is 0 Å². The van der Waals surface area contributed by atoms with Gasteiger partial charge in [0, 0.05) is 6.61 Å². The molecule has 1 aliphatic rings. The van der Waals surface area contributed by atoms with Crippen molar-refractivity contribution in [3.63, 3.8) is 0 Å². The Balaban J connectivity index is 2.06. The van der Waals surface area contributed by atoms with Crippen LogP contribution < -0.4 is 16.2 Å². The lowest BCUT2D eigenvalue weighted by Gasteiger charge is -2.23. The maximum atomic E-state index is 13.8. The number of rotatable bonds is 3. The number of hydrogen-bond acceptors (Lipinski definition) is 4. The normalized spacial score (nSPS) is 19.8. The zero-order valence-corrected chi connectivity index (χ0v) is 10.7. The minimum absolute atomic E-state index is 0.0196. The van der Waals surface area contributed by atoms with E-state index in [9.17, 15) is 4.39 Å². The van der Waals surface area contributed by atoms with Gasteiger partial charge in [0.05, 0.1) is 17.5 Å². The molecule has 1 fully saturated rings. The molecule has 1 heterocycles. The minimum atomic E-state index is -0.718. The third kappa shape index (κ3) is 2.79. The lowest BCUT2D eigenvalue weighted by Crippen LogP contribution is -2.26. The molecule has 2 rings (SSSR count). The number of nitrogens with two attached hydrogens (primary N) is 2. The molecule has 6 heteroatoms. The molecule has 4 N–H and O–H groups in total. The second kappa shape index (κ2) is 5.63. The lowest BCUT2D eigenvalue weighted by atomic mass is 10.1. The third-order valence-corrected chi connectivity index (χ3v) is 3.29. The molecule has 1 unspecified atom stereocenters. The van der Waals surface area contributed by atoms with Crippen LogP contribution in [-0.2, 0) is 4.74 Å². The molecule has 100 valence electrons. The van der Waals surface area contributed by atoms with Crippen LogP contribution >= 0.6 is 11.6 Å². The van der Waals surface area contributed by atoms with Crippen LogP contribution in [0.25, 0.3) is 0 Å². The summed E-state index contributed by atoms with van der Waals surface area (Å²) >= 11 is 5.71. The van der Waals surface area contributed by atoms with E-state index in [-0.39, 0.29) is 34.9 Å². The number of nitrogen functional groups attached to an aromatic ring is 2. The Bertz CT molecular complexity index is 437. The average molecular weight is 275 g/mol. The SMILES string of the molecule is Nc1cc(N)c(OCC2CCCCO2)c(F)c1Cl. The van der Waals surface area contributed by atoms with Crippen molar-refractivity contribution >= 4 is 23.0 Å². The lowest BCUT2D eigenvalue weighted by molar-refractivity contribution is -0.0115. The molecule has 0 radical (unpaired) electrons. The first-order valence-electron chi connectivity index (χ1n) is 5.87. The van der Waals surface area contributed by atoms with E-state index in [0.717, 1.165) is 19.3 Å². The molecule has 4 nitrogen and oxygen atoms in total. The summed E-state index contributed by atoms with van der Waals surface area (Å²) in [5, 5.41) is -0.163. The summed E-state index contributed by atoms with van der Waals surface area (Å²) in [6, 6.07) is 1.39. The fraction of sp³-hybridized carbons (Fsp3) is 0.500. The standard InChI is InChI=1S/C12H16ClFN2O2/c13-10-8(15)5-9(16)12(11(10)14)18-6-7-3-1-2-4-17-7/h5,7H,1-4,6,15-16H2. The molecule has 0 saturated carbocycles. The Morgan fingerprint density at radius 2 is 2.17 bits per heavy atom. The van der Waals surface area contributed by atoms with E-state index in [1.54, 1.807) is 0 Å². The largest absolute Gasteiger partial charge is 0.486 e. The van der Waals surface area contributed by atoms with Gasteiger partial charge < -0.3 is 20.9 Å². The van der Waals surface area contributed by atoms with Crippen molar-refractivity contribution in [2.75, 3.05) is 24.7 Å². The molecule has 18 heavy (non-hydrogen) atoms. The molecule has 0 spiro atoms. The van der Waals surface area contributed by atoms with Crippen LogP contribution in [0.15, 0.2) is 6.07 Å². The van der Waals surface area contributed by atoms with Crippen molar-refractivity contribution in [2.45, 2.75) is 25.4 Å². The molecule has 0 amide bonds. The predicted octanol–water partition coefficient (Wildman–Crippen LogP) is 2.59. The molecule has 1 aliphatic heterocycles. The van der Waals surface area contributed by atoms with Crippen LogP contribution in [0.5, 0.6) is 5.75 Å². The van der Waals surface area contributed by atoms with Gasteiger partial charge in [-0.15, -0.1) is 0 Å². The van der Waals surface area contributed by atoms with E-state index in [1.165, 1.54) is 6.07 Å². The average Bonchev–Trinajstić information content (AvgIpc) is 2.37. The van der Waals surface area contributed by atoms with Gasteiger partial charge in [-0.1, -0.05) is 11.6 Å². The number of benzene rings is 1. The summed E-state index contributed by atoms with van der Waals surface area (Å²) in [5.41, 5.74) is 11.4. The Labute approximate surface area is 110 Å². The maximum Gasteiger partial charge on any atom is 0.187 e. The number of hydrogen-bond donors (Lipinski definition) is 2. The van der Waals surface area contributed by atoms with E-state index in [0.29, 0.717) is 6.61 Å². The molecule has 1 aromatic carbocycles. The smallest absolute Gasteiger partial charge is 0.187 e. The third-order valence-electron chi connectivity index (χ3n) is 2.91. The minimum Gasteiger partial charge on any atom is -0.486 e. The Hall–Kier alpha value is -1.20. The van der Waals surface area contributed by atoms with Crippen molar-refractivity contribution in [1.82, 2.24) is 0 Å². The molecular weight excluding hydrogens is 259 g/mol. The Kier molecular flexibility index (Phi) is 4.14. The van der Waals surface area contributed by atoms with Gasteiger partial charge in [0.25, 0.3) is 0 Å². The molecule has 0 bridgehead atoms. The molecule has 0 aliphatic carbocycles. The quantitative estimate of drug-likeness (QED) is 0.831. The van der Waals surface area contributed by atoms with Gasteiger partial charge in [-0.2, -0.15) is 0 Å². The summed E-state index contributed by atoms with van der Waals surface area (Å²) in [6.45, 7) is 0.982.